The maximum Gasteiger partial charge on any atom is 0.171 e. The van der Waals surface area contributed by atoms with Gasteiger partial charge in [-0.3, -0.25) is 0 Å². The summed E-state index contributed by atoms with van der Waals surface area (Å²) in [6.07, 6.45) is -0.554. The number of nitrogens with zero attached hydrogens (tertiary/aromatic N) is 2. The lowest BCUT2D eigenvalue weighted by Gasteiger charge is -2.24. The Morgan fingerprint density at radius 3 is 1.98 bits per heavy atom. The highest BCUT2D eigenvalue weighted by Crippen LogP contribution is 2.45. The number of rotatable bonds is 4. The first-order chi connectivity index (χ1) is 25.7. The van der Waals surface area contributed by atoms with E-state index >= 15 is 0 Å². The Kier molecular flexibility index (Phi) is 6.45. The molecule has 244 valence electrons. The zero-order valence-corrected chi connectivity index (χ0v) is 28.7. The summed E-state index contributed by atoms with van der Waals surface area (Å²) < 4.78 is 9.20. The molecule has 5 heteroatoms. The molecule has 10 aromatic rings. The molecule has 0 radical (unpaired) electrons. The first-order valence-corrected chi connectivity index (χ1v) is 18.3. The van der Waals surface area contributed by atoms with Crippen LogP contribution in [0, 0.1) is 0 Å². The van der Waals surface area contributed by atoms with Gasteiger partial charge in [0.1, 0.15) is 22.8 Å². The topological polar surface area (TPSA) is 49.9 Å². The zero-order chi connectivity index (χ0) is 34.2. The number of hydrogen-bond donors (Lipinski definition) is 1. The predicted octanol–water partition coefficient (Wildman–Crippen LogP) is 12.4. The standard InChI is InChI=1S/C47H29N3OS/c1-2-11-29(12-3-1)45-48-46(34-19-18-28-10-4-5-13-30(28)24-34)50-47(49-45)44-35(33-20-21-37-36-16-8-9-17-41(36)52-42(37)27-33)22-23-39-43(44)38-25-31-14-6-7-15-32(31)26-40(38)51-39/h1-27,47H,(H,48,49,50). The van der Waals surface area contributed by atoms with E-state index in [0.717, 1.165) is 72.2 Å². The molecule has 52 heavy (non-hydrogen) atoms. The molecular formula is C47H29N3OS. The van der Waals surface area contributed by atoms with Gasteiger partial charge in [0.05, 0.1) is 0 Å². The van der Waals surface area contributed by atoms with E-state index in [2.05, 4.69) is 163 Å². The Morgan fingerprint density at radius 1 is 0.462 bits per heavy atom. The van der Waals surface area contributed by atoms with E-state index in [-0.39, 0.29) is 0 Å². The van der Waals surface area contributed by atoms with Gasteiger partial charge < -0.3 is 9.73 Å². The highest BCUT2D eigenvalue weighted by molar-refractivity contribution is 7.25. The first-order valence-electron chi connectivity index (χ1n) is 17.5. The van der Waals surface area contributed by atoms with Crippen molar-refractivity contribution in [3.8, 4) is 11.1 Å². The molecule has 1 unspecified atom stereocenters. The Hall–Kier alpha value is -6.56. The molecule has 2 aromatic heterocycles. The molecule has 0 bridgehead atoms. The van der Waals surface area contributed by atoms with Crippen molar-refractivity contribution in [1.82, 2.24) is 5.32 Å². The van der Waals surface area contributed by atoms with E-state index in [1.165, 1.54) is 30.9 Å². The van der Waals surface area contributed by atoms with Gasteiger partial charge in [-0.25, -0.2) is 9.98 Å². The van der Waals surface area contributed by atoms with E-state index in [1.54, 1.807) is 0 Å². The van der Waals surface area contributed by atoms with Gasteiger partial charge in [-0.05, 0) is 69.1 Å². The number of hydrogen-bond acceptors (Lipinski definition) is 5. The molecule has 8 aromatic carbocycles. The fourth-order valence-electron chi connectivity index (χ4n) is 7.80. The number of thiophene rings is 1. The minimum atomic E-state index is -0.554. The molecule has 1 N–H and O–H groups in total. The fraction of sp³-hybridized carbons (Fsp3) is 0.0213. The smallest absolute Gasteiger partial charge is 0.171 e. The van der Waals surface area contributed by atoms with Crippen LogP contribution in [0.3, 0.4) is 0 Å². The van der Waals surface area contributed by atoms with Gasteiger partial charge in [-0.1, -0.05) is 127 Å². The quantitative estimate of drug-likeness (QED) is 0.201. The van der Waals surface area contributed by atoms with E-state index in [1.807, 2.05) is 17.4 Å². The summed E-state index contributed by atoms with van der Waals surface area (Å²) in [6.45, 7) is 0. The first kappa shape index (κ1) is 29.2. The lowest BCUT2D eigenvalue weighted by atomic mass is 9.92. The maximum absolute atomic E-state index is 6.65. The molecule has 4 nitrogen and oxygen atoms in total. The number of furan rings is 1. The van der Waals surface area contributed by atoms with Crippen molar-refractivity contribution in [2.24, 2.45) is 9.98 Å². The number of nitrogens with one attached hydrogen (secondary N) is 1. The van der Waals surface area contributed by atoms with Crippen LogP contribution in [0.5, 0.6) is 0 Å². The van der Waals surface area contributed by atoms with Crippen molar-refractivity contribution >= 4 is 86.7 Å². The van der Waals surface area contributed by atoms with Crippen LogP contribution < -0.4 is 5.32 Å². The second kappa shape index (κ2) is 11.5. The molecular weight excluding hydrogens is 655 g/mol. The number of benzene rings is 8. The van der Waals surface area contributed by atoms with E-state index in [4.69, 9.17) is 14.4 Å². The molecule has 0 spiro atoms. The van der Waals surface area contributed by atoms with Gasteiger partial charge in [-0.15, -0.1) is 11.3 Å². The molecule has 3 heterocycles. The highest BCUT2D eigenvalue weighted by atomic mass is 32.1. The second-order valence-electron chi connectivity index (χ2n) is 13.4. The van der Waals surface area contributed by atoms with Gasteiger partial charge in [0, 0.05) is 47.6 Å². The van der Waals surface area contributed by atoms with Gasteiger partial charge in [0.15, 0.2) is 6.17 Å². The predicted molar refractivity (Wildman–Crippen MR) is 219 cm³/mol. The summed E-state index contributed by atoms with van der Waals surface area (Å²) in [6, 6.07) is 58.0. The minimum absolute atomic E-state index is 0.554. The highest BCUT2D eigenvalue weighted by Gasteiger charge is 2.28. The molecule has 1 aliphatic rings. The average molecular weight is 684 g/mol. The van der Waals surface area contributed by atoms with Gasteiger partial charge >= 0.3 is 0 Å². The van der Waals surface area contributed by atoms with Gasteiger partial charge in [0.25, 0.3) is 0 Å². The molecule has 0 saturated heterocycles. The second-order valence-corrected chi connectivity index (χ2v) is 14.5. The van der Waals surface area contributed by atoms with Gasteiger partial charge in [0.2, 0.25) is 0 Å². The summed E-state index contributed by atoms with van der Waals surface area (Å²) in [5.41, 5.74) is 6.94. The van der Waals surface area contributed by atoms with Crippen LogP contribution in [0.2, 0.25) is 0 Å². The normalized spacial score (nSPS) is 14.7. The lowest BCUT2D eigenvalue weighted by Crippen LogP contribution is -2.36. The van der Waals surface area contributed by atoms with Crippen molar-refractivity contribution in [2.45, 2.75) is 6.17 Å². The van der Waals surface area contributed by atoms with Crippen LogP contribution in [0.25, 0.3) is 74.8 Å². The van der Waals surface area contributed by atoms with Crippen LogP contribution in [0.1, 0.15) is 22.9 Å². The van der Waals surface area contributed by atoms with Crippen LogP contribution in [0.4, 0.5) is 0 Å². The summed E-state index contributed by atoms with van der Waals surface area (Å²) in [7, 11) is 0. The lowest BCUT2D eigenvalue weighted by molar-refractivity contribution is 0.668. The summed E-state index contributed by atoms with van der Waals surface area (Å²) in [4.78, 5) is 10.9. The molecule has 0 aliphatic carbocycles. The van der Waals surface area contributed by atoms with E-state index in [9.17, 15) is 0 Å². The monoisotopic (exact) mass is 683 g/mol. The van der Waals surface area contributed by atoms with Crippen LogP contribution in [-0.2, 0) is 0 Å². The SMILES string of the molecule is c1ccc(C2=NC(c3c(-c4ccc5c(c4)sc4ccccc45)ccc4oc5cc6ccccc6cc5c34)N=C(c3ccc4ccccc4c3)N2)cc1. The van der Waals surface area contributed by atoms with Crippen molar-refractivity contribution in [3.05, 3.63) is 180 Å². The summed E-state index contributed by atoms with van der Waals surface area (Å²) in [5, 5.41) is 13.0. The molecule has 0 amide bonds. The third-order valence-electron chi connectivity index (χ3n) is 10.3. The van der Waals surface area contributed by atoms with Crippen molar-refractivity contribution in [1.29, 1.82) is 0 Å². The van der Waals surface area contributed by atoms with Gasteiger partial charge in [-0.2, -0.15) is 0 Å². The minimum Gasteiger partial charge on any atom is -0.456 e. The largest absolute Gasteiger partial charge is 0.456 e. The van der Waals surface area contributed by atoms with Crippen molar-refractivity contribution in [2.75, 3.05) is 0 Å². The Balaban J connectivity index is 1.21. The number of fused-ring (bicyclic) bond motifs is 8. The molecule has 11 rings (SSSR count). The summed E-state index contributed by atoms with van der Waals surface area (Å²) in [5.74, 6) is 1.57. The zero-order valence-electron chi connectivity index (χ0n) is 27.9. The van der Waals surface area contributed by atoms with Crippen molar-refractivity contribution < 1.29 is 4.42 Å². The Morgan fingerprint density at radius 2 is 1.13 bits per heavy atom. The van der Waals surface area contributed by atoms with Crippen LogP contribution >= 0.6 is 11.3 Å². The Labute approximate surface area is 303 Å². The number of amidine groups is 2. The van der Waals surface area contributed by atoms with Crippen LogP contribution in [0.15, 0.2) is 178 Å². The molecule has 1 aliphatic heterocycles. The maximum atomic E-state index is 6.65. The van der Waals surface area contributed by atoms with E-state index < -0.39 is 6.17 Å². The molecule has 1 atom stereocenters. The number of aliphatic imine (C=N–C) groups is 2. The fourth-order valence-corrected chi connectivity index (χ4v) is 8.94. The van der Waals surface area contributed by atoms with E-state index in [0.29, 0.717) is 0 Å². The average Bonchev–Trinajstić information content (AvgIpc) is 3.77. The third-order valence-corrected chi connectivity index (χ3v) is 11.4. The van der Waals surface area contributed by atoms with Crippen LogP contribution in [-0.4, -0.2) is 11.7 Å². The Bertz CT molecular complexity index is 3120. The molecule has 0 fully saturated rings. The van der Waals surface area contributed by atoms with Crippen molar-refractivity contribution in [3.63, 3.8) is 0 Å². The third kappa shape index (κ3) is 4.67. The molecule has 0 saturated carbocycles. The summed E-state index contributed by atoms with van der Waals surface area (Å²) >= 11 is 1.83.